The van der Waals surface area contributed by atoms with Crippen LogP contribution in [0.1, 0.15) is 5.56 Å². The van der Waals surface area contributed by atoms with E-state index in [1.165, 1.54) is 5.56 Å². The molecule has 0 heterocycles. The van der Waals surface area contributed by atoms with Crippen LogP contribution in [0.5, 0.6) is 0 Å². The maximum atomic E-state index is 6.09. The molecular formula is C13H20ClNO. The van der Waals surface area contributed by atoms with E-state index in [1.54, 1.807) is 7.11 Å². The second-order valence-electron chi connectivity index (χ2n) is 4.05. The van der Waals surface area contributed by atoms with E-state index >= 15 is 0 Å². The average molecular weight is 242 g/mol. The summed E-state index contributed by atoms with van der Waals surface area (Å²) in [5.74, 6) is 0. The predicted octanol–water partition coefficient (Wildman–Crippen LogP) is 2.41. The van der Waals surface area contributed by atoms with Crippen molar-refractivity contribution in [2.75, 3.05) is 33.9 Å². The molecule has 0 spiro atoms. The fourth-order valence-electron chi connectivity index (χ4n) is 1.63. The maximum absolute atomic E-state index is 6.09. The van der Waals surface area contributed by atoms with Gasteiger partial charge in [0.1, 0.15) is 0 Å². The van der Waals surface area contributed by atoms with Gasteiger partial charge >= 0.3 is 0 Å². The third-order valence-corrected chi connectivity index (χ3v) is 2.75. The van der Waals surface area contributed by atoms with Crippen molar-refractivity contribution in [3.63, 3.8) is 0 Å². The Kier molecular flexibility index (Phi) is 6.46. The lowest BCUT2D eigenvalue weighted by Gasteiger charge is -2.19. The second-order valence-corrected chi connectivity index (χ2v) is 4.67. The Balaban J connectivity index is 2.22. The largest absolute Gasteiger partial charge is 0.383 e. The van der Waals surface area contributed by atoms with E-state index in [0.29, 0.717) is 6.61 Å². The lowest BCUT2D eigenvalue weighted by atomic mass is 10.1. The van der Waals surface area contributed by atoms with E-state index in [4.69, 9.17) is 16.3 Å². The average Bonchev–Trinajstić information content (AvgIpc) is 2.28. The van der Waals surface area contributed by atoms with Crippen molar-refractivity contribution in [3.8, 4) is 0 Å². The Labute approximate surface area is 103 Å². The number of ether oxygens (including phenoxy) is 1. The van der Waals surface area contributed by atoms with Crippen LogP contribution in [0.15, 0.2) is 30.3 Å². The van der Waals surface area contributed by atoms with Crippen LogP contribution in [-0.2, 0) is 11.2 Å². The van der Waals surface area contributed by atoms with Gasteiger partial charge < -0.3 is 9.64 Å². The van der Waals surface area contributed by atoms with Crippen molar-refractivity contribution in [1.29, 1.82) is 0 Å². The Bertz CT molecular complexity index is 279. The van der Waals surface area contributed by atoms with Crippen molar-refractivity contribution < 1.29 is 4.74 Å². The molecule has 1 aromatic rings. The quantitative estimate of drug-likeness (QED) is 0.680. The third kappa shape index (κ3) is 5.50. The first-order valence-corrected chi connectivity index (χ1v) is 6.01. The highest BCUT2D eigenvalue weighted by atomic mass is 35.5. The van der Waals surface area contributed by atoms with Crippen LogP contribution in [0.25, 0.3) is 0 Å². The fourth-order valence-corrected chi connectivity index (χ4v) is 1.99. The zero-order valence-electron chi connectivity index (χ0n) is 10.0. The summed E-state index contributed by atoms with van der Waals surface area (Å²) in [5, 5.41) is 0.0748. The number of methoxy groups -OCH3 is 1. The first-order valence-electron chi connectivity index (χ1n) is 5.58. The van der Waals surface area contributed by atoms with Crippen molar-refractivity contribution in [2.24, 2.45) is 0 Å². The second kappa shape index (κ2) is 7.66. The minimum Gasteiger partial charge on any atom is -0.383 e. The van der Waals surface area contributed by atoms with Crippen LogP contribution in [0.4, 0.5) is 0 Å². The molecule has 0 saturated carbocycles. The van der Waals surface area contributed by atoms with Gasteiger partial charge in [-0.15, -0.1) is 11.6 Å². The van der Waals surface area contributed by atoms with Crippen LogP contribution in [0.3, 0.4) is 0 Å². The molecule has 0 aromatic heterocycles. The van der Waals surface area contributed by atoms with Crippen LogP contribution in [-0.4, -0.2) is 44.1 Å². The molecule has 0 aliphatic heterocycles. The molecule has 0 aliphatic carbocycles. The van der Waals surface area contributed by atoms with E-state index in [2.05, 4.69) is 36.2 Å². The summed E-state index contributed by atoms with van der Waals surface area (Å²) in [5.41, 5.74) is 1.37. The van der Waals surface area contributed by atoms with Gasteiger partial charge in [-0.1, -0.05) is 30.3 Å². The molecule has 1 unspecified atom stereocenters. The standard InChI is InChI=1S/C13H20ClNO/c1-15(10-13(14)11-16-2)9-8-12-6-4-3-5-7-12/h3-7,13H,8-11H2,1-2H3. The summed E-state index contributed by atoms with van der Waals surface area (Å²) < 4.78 is 5.01. The lowest BCUT2D eigenvalue weighted by molar-refractivity contribution is 0.183. The van der Waals surface area contributed by atoms with Gasteiger partial charge in [0.05, 0.1) is 12.0 Å². The van der Waals surface area contributed by atoms with Gasteiger partial charge in [0, 0.05) is 20.2 Å². The van der Waals surface area contributed by atoms with Crippen LogP contribution < -0.4 is 0 Å². The Morgan fingerprint density at radius 2 is 2.00 bits per heavy atom. The summed E-state index contributed by atoms with van der Waals surface area (Å²) in [4.78, 5) is 2.24. The van der Waals surface area contributed by atoms with Gasteiger partial charge in [0.2, 0.25) is 0 Å². The molecular weight excluding hydrogens is 222 g/mol. The predicted molar refractivity (Wildman–Crippen MR) is 69.2 cm³/mol. The summed E-state index contributed by atoms with van der Waals surface area (Å²) in [6.45, 7) is 2.50. The molecule has 90 valence electrons. The maximum Gasteiger partial charge on any atom is 0.0696 e. The summed E-state index contributed by atoms with van der Waals surface area (Å²) >= 11 is 6.09. The van der Waals surface area contributed by atoms with Gasteiger partial charge in [-0.25, -0.2) is 0 Å². The molecule has 0 amide bonds. The molecule has 0 bridgehead atoms. The number of hydrogen-bond acceptors (Lipinski definition) is 2. The number of likely N-dealkylation sites (N-methyl/N-ethyl adjacent to an activating group) is 1. The highest BCUT2D eigenvalue weighted by molar-refractivity contribution is 6.20. The highest BCUT2D eigenvalue weighted by Crippen LogP contribution is 2.03. The van der Waals surface area contributed by atoms with Gasteiger partial charge in [-0.3, -0.25) is 0 Å². The number of alkyl halides is 1. The van der Waals surface area contributed by atoms with Crippen LogP contribution in [0.2, 0.25) is 0 Å². The molecule has 2 nitrogen and oxygen atoms in total. The molecule has 0 saturated heterocycles. The van der Waals surface area contributed by atoms with E-state index in [9.17, 15) is 0 Å². The zero-order valence-corrected chi connectivity index (χ0v) is 10.8. The molecule has 16 heavy (non-hydrogen) atoms. The summed E-state index contributed by atoms with van der Waals surface area (Å²) in [6.07, 6.45) is 1.06. The number of rotatable bonds is 7. The fraction of sp³-hybridized carbons (Fsp3) is 0.538. The summed E-state index contributed by atoms with van der Waals surface area (Å²) in [7, 11) is 3.77. The van der Waals surface area contributed by atoms with E-state index in [-0.39, 0.29) is 5.38 Å². The molecule has 0 aliphatic rings. The van der Waals surface area contributed by atoms with E-state index in [1.807, 2.05) is 6.07 Å². The van der Waals surface area contributed by atoms with Crippen molar-refractivity contribution in [3.05, 3.63) is 35.9 Å². The Hall–Kier alpha value is -0.570. The van der Waals surface area contributed by atoms with Crippen molar-refractivity contribution in [1.82, 2.24) is 4.90 Å². The molecule has 0 fully saturated rings. The topological polar surface area (TPSA) is 12.5 Å². The Morgan fingerprint density at radius 3 is 2.62 bits per heavy atom. The monoisotopic (exact) mass is 241 g/mol. The van der Waals surface area contributed by atoms with Gasteiger partial charge in [-0.2, -0.15) is 0 Å². The van der Waals surface area contributed by atoms with E-state index < -0.39 is 0 Å². The molecule has 1 rings (SSSR count). The number of halogens is 1. The van der Waals surface area contributed by atoms with Crippen LogP contribution >= 0.6 is 11.6 Å². The summed E-state index contributed by atoms with van der Waals surface area (Å²) in [6, 6.07) is 10.5. The number of benzene rings is 1. The number of nitrogens with zero attached hydrogens (tertiary/aromatic N) is 1. The van der Waals surface area contributed by atoms with Gasteiger partial charge in [0.25, 0.3) is 0 Å². The lowest BCUT2D eigenvalue weighted by Crippen LogP contribution is -2.30. The minimum absolute atomic E-state index is 0.0748. The molecule has 1 atom stereocenters. The minimum atomic E-state index is 0.0748. The molecule has 0 radical (unpaired) electrons. The molecule has 3 heteroatoms. The third-order valence-electron chi connectivity index (χ3n) is 2.48. The molecule has 0 N–H and O–H groups in total. The Morgan fingerprint density at radius 1 is 1.31 bits per heavy atom. The number of hydrogen-bond donors (Lipinski definition) is 0. The van der Waals surface area contributed by atoms with Gasteiger partial charge in [-0.05, 0) is 19.0 Å². The first kappa shape index (κ1) is 13.5. The van der Waals surface area contributed by atoms with E-state index in [0.717, 1.165) is 19.5 Å². The van der Waals surface area contributed by atoms with Crippen molar-refractivity contribution >= 4 is 11.6 Å². The zero-order chi connectivity index (χ0) is 11.8. The molecule has 1 aromatic carbocycles. The normalized spacial score (nSPS) is 13.0. The smallest absolute Gasteiger partial charge is 0.0696 e. The SMILES string of the molecule is COCC(Cl)CN(C)CCc1ccccc1. The first-order chi connectivity index (χ1) is 7.72. The van der Waals surface area contributed by atoms with Crippen LogP contribution in [0, 0.1) is 0 Å². The van der Waals surface area contributed by atoms with Gasteiger partial charge in [0.15, 0.2) is 0 Å². The highest BCUT2D eigenvalue weighted by Gasteiger charge is 2.07. The van der Waals surface area contributed by atoms with Crippen molar-refractivity contribution in [2.45, 2.75) is 11.8 Å².